The molecule has 0 fully saturated rings. The molecule has 0 bridgehead atoms. The average molecular weight is 137 g/mol. The van der Waals surface area contributed by atoms with E-state index in [0.717, 1.165) is 5.57 Å². The summed E-state index contributed by atoms with van der Waals surface area (Å²) in [5, 5.41) is 8.11. The van der Waals surface area contributed by atoms with E-state index in [1.54, 1.807) is 0 Å². The first-order chi connectivity index (χ1) is 4.66. The first-order valence-electron chi connectivity index (χ1n) is 3.20. The third kappa shape index (κ3) is 5.04. The fourth-order valence-electron chi connectivity index (χ4n) is 0.529. The van der Waals surface area contributed by atoms with Crippen molar-refractivity contribution in [2.24, 2.45) is 0 Å². The Bertz CT molecular complexity index is 176. The molecule has 0 aliphatic rings. The van der Waals surface area contributed by atoms with Crippen LogP contribution in [0.2, 0.25) is 0 Å². The molecule has 0 aliphatic carbocycles. The second-order valence-corrected chi connectivity index (χ2v) is 2.33. The molecule has 2 nitrogen and oxygen atoms in total. The van der Waals surface area contributed by atoms with Crippen LogP contribution in [0.3, 0.4) is 0 Å². The van der Waals surface area contributed by atoms with E-state index in [2.05, 4.69) is 6.58 Å². The van der Waals surface area contributed by atoms with Crippen LogP contribution in [0.5, 0.6) is 0 Å². The highest BCUT2D eigenvalue weighted by molar-refractivity contribution is 5.80. The normalized spacial score (nSPS) is 8.40. The van der Waals surface area contributed by atoms with Gasteiger partial charge in [-0.15, -0.1) is 6.58 Å². The zero-order valence-electron chi connectivity index (χ0n) is 6.18. The van der Waals surface area contributed by atoms with E-state index < -0.39 is 0 Å². The fourth-order valence-corrected chi connectivity index (χ4v) is 0.529. The summed E-state index contributed by atoms with van der Waals surface area (Å²) in [6.07, 6.45) is 1.21. The maximum absolute atomic E-state index is 10.7. The Labute approximate surface area is 61.2 Å². The van der Waals surface area contributed by atoms with Gasteiger partial charge in [-0.3, -0.25) is 4.79 Å². The van der Waals surface area contributed by atoms with Crippen LogP contribution >= 0.6 is 0 Å². The van der Waals surface area contributed by atoms with E-state index >= 15 is 0 Å². The number of carbonyl (C=O) groups is 1. The van der Waals surface area contributed by atoms with Crippen LogP contribution in [-0.2, 0) is 4.79 Å². The zero-order valence-corrected chi connectivity index (χ0v) is 6.18. The summed E-state index contributed by atoms with van der Waals surface area (Å²) in [7, 11) is 0. The van der Waals surface area contributed by atoms with E-state index in [-0.39, 0.29) is 12.2 Å². The van der Waals surface area contributed by atoms with Crippen LogP contribution in [-0.4, -0.2) is 5.78 Å². The Morgan fingerprint density at radius 2 is 2.20 bits per heavy atom. The molecule has 54 valence electrons. The number of ketones is 1. The fraction of sp³-hybridized carbons (Fsp3) is 0.500. The van der Waals surface area contributed by atoms with Crippen LogP contribution in [0, 0.1) is 11.3 Å². The second kappa shape index (κ2) is 4.75. The molecule has 10 heavy (non-hydrogen) atoms. The molecule has 0 N–H and O–H groups in total. The van der Waals surface area contributed by atoms with Crippen molar-refractivity contribution < 1.29 is 4.79 Å². The summed E-state index contributed by atoms with van der Waals surface area (Å²) < 4.78 is 0. The van der Waals surface area contributed by atoms with Crippen molar-refractivity contribution in [2.75, 3.05) is 0 Å². The van der Waals surface area contributed by atoms with Gasteiger partial charge < -0.3 is 0 Å². The van der Waals surface area contributed by atoms with Crippen molar-refractivity contribution in [1.82, 2.24) is 0 Å². The molecule has 0 amide bonds. The number of nitriles is 1. The Balaban J connectivity index is 3.42. The van der Waals surface area contributed by atoms with Crippen molar-refractivity contribution in [1.29, 1.82) is 5.26 Å². The van der Waals surface area contributed by atoms with Crippen LogP contribution in [0.25, 0.3) is 0 Å². The molecule has 0 radical (unpaired) electrons. The van der Waals surface area contributed by atoms with Crippen molar-refractivity contribution in [3.8, 4) is 6.07 Å². The maximum atomic E-state index is 10.7. The van der Waals surface area contributed by atoms with Gasteiger partial charge in [-0.25, -0.2) is 0 Å². The lowest BCUT2D eigenvalue weighted by Gasteiger charge is -1.94. The topological polar surface area (TPSA) is 40.9 Å². The SMILES string of the molecule is C=C(C)CCC(=O)CC#N. The van der Waals surface area contributed by atoms with Crippen LogP contribution < -0.4 is 0 Å². The standard InChI is InChI=1S/C8H11NO/c1-7(2)3-4-8(10)5-6-9/h1,3-5H2,2H3. The first kappa shape index (κ1) is 8.90. The lowest BCUT2D eigenvalue weighted by Crippen LogP contribution is -1.95. The summed E-state index contributed by atoms with van der Waals surface area (Å²) in [5.74, 6) is 0.00509. The second-order valence-electron chi connectivity index (χ2n) is 2.33. The number of hydrogen-bond donors (Lipinski definition) is 0. The lowest BCUT2D eigenvalue weighted by atomic mass is 10.1. The molecular formula is C8H11NO. The van der Waals surface area contributed by atoms with Gasteiger partial charge in [0.25, 0.3) is 0 Å². The lowest BCUT2D eigenvalue weighted by molar-refractivity contribution is -0.118. The summed E-state index contributed by atoms with van der Waals surface area (Å²) in [6.45, 7) is 5.53. The van der Waals surface area contributed by atoms with Gasteiger partial charge in [-0.1, -0.05) is 5.57 Å². The van der Waals surface area contributed by atoms with Gasteiger partial charge in [0.05, 0.1) is 12.5 Å². The van der Waals surface area contributed by atoms with Gasteiger partial charge in [-0.05, 0) is 13.3 Å². The monoisotopic (exact) mass is 137 g/mol. The number of rotatable bonds is 4. The van der Waals surface area contributed by atoms with E-state index in [1.807, 2.05) is 13.0 Å². The Morgan fingerprint density at radius 3 is 2.60 bits per heavy atom. The van der Waals surface area contributed by atoms with Gasteiger partial charge in [0.2, 0.25) is 0 Å². The summed E-state index contributed by atoms with van der Waals surface area (Å²) >= 11 is 0. The van der Waals surface area contributed by atoms with E-state index in [4.69, 9.17) is 5.26 Å². The van der Waals surface area contributed by atoms with Gasteiger partial charge >= 0.3 is 0 Å². The Morgan fingerprint density at radius 1 is 1.60 bits per heavy atom. The number of carbonyl (C=O) groups excluding carboxylic acids is 1. The molecule has 0 aliphatic heterocycles. The van der Waals surface area contributed by atoms with Crippen LogP contribution in [0.15, 0.2) is 12.2 Å². The number of nitrogens with zero attached hydrogens (tertiary/aromatic N) is 1. The highest BCUT2D eigenvalue weighted by Gasteiger charge is 1.98. The molecule has 0 rings (SSSR count). The Hall–Kier alpha value is -1.10. The average Bonchev–Trinajstić information content (AvgIpc) is 1.85. The highest BCUT2D eigenvalue weighted by atomic mass is 16.1. The summed E-state index contributed by atoms with van der Waals surface area (Å²) in [5.41, 5.74) is 0.992. The molecule has 0 unspecified atom stereocenters. The van der Waals surface area contributed by atoms with Gasteiger partial charge in [0.1, 0.15) is 5.78 Å². The van der Waals surface area contributed by atoms with Gasteiger partial charge in [-0.2, -0.15) is 5.26 Å². The molecular weight excluding hydrogens is 126 g/mol. The van der Waals surface area contributed by atoms with E-state index in [9.17, 15) is 4.79 Å². The third-order valence-corrected chi connectivity index (χ3v) is 1.11. The summed E-state index contributed by atoms with van der Waals surface area (Å²) in [6, 6.07) is 1.81. The van der Waals surface area contributed by atoms with Gasteiger partial charge in [0.15, 0.2) is 0 Å². The summed E-state index contributed by atoms with van der Waals surface area (Å²) in [4.78, 5) is 10.7. The molecule has 0 aromatic rings. The predicted molar refractivity (Wildman–Crippen MR) is 39.3 cm³/mol. The predicted octanol–water partition coefficient (Wildman–Crippen LogP) is 1.83. The number of hydrogen-bond acceptors (Lipinski definition) is 2. The van der Waals surface area contributed by atoms with Crippen LogP contribution in [0.4, 0.5) is 0 Å². The molecule has 0 spiro atoms. The molecule has 0 atom stereocenters. The highest BCUT2D eigenvalue weighted by Crippen LogP contribution is 2.01. The quantitative estimate of drug-likeness (QED) is 0.554. The molecule has 0 saturated heterocycles. The molecule has 2 heteroatoms. The third-order valence-electron chi connectivity index (χ3n) is 1.11. The maximum Gasteiger partial charge on any atom is 0.147 e. The molecule has 0 heterocycles. The van der Waals surface area contributed by atoms with E-state index in [0.29, 0.717) is 12.8 Å². The van der Waals surface area contributed by atoms with Crippen LogP contribution in [0.1, 0.15) is 26.2 Å². The van der Waals surface area contributed by atoms with Crippen molar-refractivity contribution in [3.63, 3.8) is 0 Å². The van der Waals surface area contributed by atoms with E-state index in [1.165, 1.54) is 0 Å². The Kier molecular flexibility index (Phi) is 4.23. The van der Waals surface area contributed by atoms with Gasteiger partial charge in [0, 0.05) is 6.42 Å². The largest absolute Gasteiger partial charge is 0.299 e. The smallest absolute Gasteiger partial charge is 0.147 e. The molecule has 0 saturated carbocycles. The minimum absolute atomic E-state index is 0.00509. The number of Topliss-reactive ketones (excluding diaryl/α,β-unsaturated/α-hetero) is 1. The first-order valence-corrected chi connectivity index (χ1v) is 3.20. The zero-order chi connectivity index (χ0) is 7.98. The molecule has 0 aromatic carbocycles. The minimum Gasteiger partial charge on any atom is -0.299 e. The van der Waals surface area contributed by atoms with Crippen molar-refractivity contribution in [2.45, 2.75) is 26.2 Å². The minimum atomic E-state index is 0.00509. The van der Waals surface area contributed by atoms with Crippen molar-refractivity contribution >= 4 is 5.78 Å². The molecule has 0 aromatic heterocycles. The van der Waals surface area contributed by atoms with Crippen molar-refractivity contribution in [3.05, 3.63) is 12.2 Å². The number of allylic oxidation sites excluding steroid dienone is 1.